The second-order valence-electron chi connectivity index (χ2n) is 7.97. The van der Waals surface area contributed by atoms with Gasteiger partial charge in [-0.3, -0.25) is 14.2 Å². The number of carbonyl (C=O) groups is 1. The Balaban J connectivity index is 1.70. The number of hydrogen-bond acceptors (Lipinski definition) is 5. The predicted octanol–water partition coefficient (Wildman–Crippen LogP) is 4.00. The van der Waals surface area contributed by atoms with Crippen LogP contribution in [0.15, 0.2) is 56.9 Å². The normalized spacial score (nSPS) is 17.6. The SMILES string of the molecule is C[C@H](O)Cn1c(S[C@H](C)C(=O)N2c3ccccc3C[C@@H]2C)nc2ccc(Br)cc2c1=O. The van der Waals surface area contributed by atoms with Crippen LogP contribution in [0, 0.1) is 0 Å². The zero-order valence-electron chi connectivity index (χ0n) is 17.6. The van der Waals surface area contributed by atoms with E-state index in [1.165, 1.54) is 21.9 Å². The molecular formula is C23H24BrN3O3S. The predicted molar refractivity (Wildman–Crippen MR) is 128 cm³/mol. The lowest BCUT2D eigenvalue weighted by molar-refractivity contribution is -0.118. The topological polar surface area (TPSA) is 75.4 Å². The third-order valence-corrected chi connectivity index (χ3v) is 6.97. The summed E-state index contributed by atoms with van der Waals surface area (Å²) in [4.78, 5) is 33.0. The lowest BCUT2D eigenvalue weighted by Gasteiger charge is -2.26. The number of nitrogens with zero attached hydrogens (tertiary/aromatic N) is 3. The van der Waals surface area contributed by atoms with E-state index in [-0.39, 0.29) is 24.1 Å². The van der Waals surface area contributed by atoms with E-state index in [9.17, 15) is 14.7 Å². The molecule has 2 aromatic carbocycles. The number of para-hydroxylation sites is 1. The molecule has 1 N–H and O–H groups in total. The maximum absolute atomic E-state index is 13.4. The molecule has 0 radical (unpaired) electrons. The fraction of sp³-hybridized carbons (Fsp3) is 0.348. The van der Waals surface area contributed by atoms with E-state index in [4.69, 9.17) is 0 Å². The van der Waals surface area contributed by atoms with Gasteiger partial charge in [0.2, 0.25) is 5.91 Å². The van der Waals surface area contributed by atoms with E-state index in [1.807, 2.05) is 43.0 Å². The summed E-state index contributed by atoms with van der Waals surface area (Å²) in [5.41, 5.74) is 2.46. The molecule has 3 aromatic rings. The molecule has 0 bridgehead atoms. The number of rotatable bonds is 5. The van der Waals surface area contributed by atoms with Gasteiger partial charge in [0.25, 0.3) is 5.56 Å². The monoisotopic (exact) mass is 501 g/mol. The van der Waals surface area contributed by atoms with Crippen molar-refractivity contribution in [2.45, 2.75) is 56.3 Å². The Labute approximate surface area is 193 Å². The number of anilines is 1. The van der Waals surface area contributed by atoms with Gasteiger partial charge in [-0.25, -0.2) is 4.98 Å². The molecule has 31 heavy (non-hydrogen) atoms. The summed E-state index contributed by atoms with van der Waals surface area (Å²) in [7, 11) is 0. The largest absolute Gasteiger partial charge is 0.392 e. The highest BCUT2D eigenvalue weighted by Gasteiger charge is 2.34. The highest BCUT2D eigenvalue weighted by Crippen LogP contribution is 2.34. The van der Waals surface area contributed by atoms with Crippen LogP contribution >= 0.6 is 27.7 Å². The standard InChI is InChI=1S/C23H24BrN3O3S/c1-13-10-16-6-4-5-7-20(16)27(13)21(29)15(3)31-23-25-19-9-8-17(24)11-18(19)22(30)26(23)12-14(2)28/h4-9,11,13-15,28H,10,12H2,1-3H3/t13-,14-,15+/m0/s1. The van der Waals surface area contributed by atoms with Gasteiger partial charge in [-0.05, 0) is 57.0 Å². The van der Waals surface area contributed by atoms with Crippen molar-refractivity contribution in [3.05, 3.63) is 62.9 Å². The van der Waals surface area contributed by atoms with Crippen LogP contribution in [-0.2, 0) is 17.8 Å². The third kappa shape index (κ3) is 4.29. The third-order valence-electron chi connectivity index (χ3n) is 5.40. The summed E-state index contributed by atoms with van der Waals surface area (Å²) in [5.74, 6) is -0.0174. The Kier molecular flexibility index (Phi) is 6.23. The number of thioether (sulfide) groups is 1. The average Bonchev–Trinajstić information content (AvgIpc) is 3.06. The Hall–Kier alpha value is -2.16. The number of hydrogen-bond donors (Lipinski definition) is 1. The van der Waals surface area contributed by atoms with Crippen molar-refractivity contribution >= 4 is 50.2 Å². The summed E-state index contributed by atoms with van der Waals surface area (Å²) >= 11 is 4.65. The van der Waals surface area contributed by atoms with Gasteiger partial charge in [0.1, 0.15) is 0 Å². The number of fused-ring (bicyclic) bond motifs is 2. The minimum Gasteiger partial charge on any atom is -0.392 e. The zero-order chi connectivity index (χ0) is 22.3. The van der Waals surface area contributed by atoms with E-state index < -0.39 is 11.4 Å². The van der Waals surface area contributed by atoms with Crippen LogP contribution < -0.4 is 10.5 Å². The number of aliphatic hydroxyl groups is 1. The number of aliphatic hydroxyl groups excluding tert-OH is 1. The van der Waals surface area contributed by atoms with Gasteiger partial charge < -0.3 is 10.0 Å². The maximum atomic E-state index is 13.4. The summed E-state index contributed by atoms with van der Waals surface area (Å²) in [6.07, 6.45) is 0.106. The minimum absolute atomic E-state index is 0.0174. The fourth-order valence-corrected chi connectivity index (χ4v) is 5.32. The molecule has 1 amide bonds. The van der Waals surface area contributed by atoms with Crippen LogP contribution in [0.1, 0.15) is 26.3 Å². The van der Waals surface area contributed by atoms with E-state index in [1.54, 1.807) is 19.1 Å². The molecule has 3 atom stereocenters. The molecule has 1 aromatic heterocycles. The van der Waals surface area contributed by atoms with E-state index in [0.29, 0.717) is 16.1 Å². The van der Waals surface area contributed by atoms with Gasteiger partial charge in [-0.15, -0.1) is 0 Å². The molecule has 6 nitrogen and oxygen atoms in total. The van der Waals surface area contributed by atoms with Gasteiger partial charge in [-0.2, -0.15) is 0 Å². The summed E-state index contributed by atoms with van der Waals surface area (Å²) in [6.45, 7) is 5.62. The van der Waals surface area contributed by atoms with E-state index >= 15 is 0 Å². The van der Waals surface area contributed by atoms with Crippen LogP contribution in [0.5, 0.6) is 0 Å². The van der Waals surface area contributed by atoms with Crippen molar-refractivity contribution in [2.75, 3.05) is 4.90 Å². The molecular weight excluding hydrogens is 478 g/mol. The molecule has 162 valence electrons. The Morgan fingerprint density at radius 3 is 2.77 bits per heavy atom. The first-order chi connectivity index (χ1) is 14.8. The van der Waals surface area contributed by atoms with Gasteiger partial charge in [0.05, 0.1) is 28.8 Å². The Bertz CT molecular complexity index is 1210. The van der Waals surface area contributed by atoms with Crippen LogP contribution in [0.2, 0.25) is 0 Å². The Morgan fingerprint density at radius 2 is 2.03 bits per heavy atom. The summed E-state index contributed by atoms with van der Waals surface area (Å²) in [5, 5.41) is 10.4. The van der Waals surface area contributed by atoms with E-state index in [2.05, 4.69) is 27.0 Å². The lowest BCUT2D eigenvalue weighted by atomic mass is 10.1. The van der Waals surface area contributed by atoms with Crippen LogP contribution in [-0.4, -0.2) is 38.0 Å². The molecule has 0 spiro atoms. The molecule has 4 rings (SSSR count). The highest BCUT2D eigenvalue weighted by atomic mass is 79.9. The van der Waals surface area contributed by atoms with Crippen LogP contribution in [0.4, 0.5) is 5.69 Å². The van der Waals surface area contributed by atoms with Crippen molar-refractivity contribution in [2.24, 2.45) is 0 Å². The lowest BCUT2D eigenvalue weighted by Crippen LogP contribution is -2.40. The van der Waals surface area contributed by atoms with Crippen molar-refractivity contribution in [3.63, 3.8) is 0 Å². The van der Waals surface area contributed by atoms with Crippen LogP contribution in [0.25, 0.3) is 10.9 Å². The average molecular weight is 502 g/mol. The molecule has 8 heteroatoms. The number of benzene rings is 2. The first-order valence-electron chi connectivity index (χ1n) is 10.2. The van der Waals surface area contributed by atoms with Gasteiger partial charge in [-0.1, -0.05) is 45.9 Å². The first-order valence-corrected chi connectivity index (χ1v) is 11.9. The number of amides is 1. The molecule has 0 fully saturated rings. The van der Waals surface area contributed by atoms with Crippen molar-refractivity contribution in [1.82, 2.24) is 9.55 Å². The summed E-state index contributed by atoms with van der Waals surface area (Å²) in [6, 6.07) is 13.4. The number of carbonyl (C=O) groups excluding carboxylic acids is 1. The smallest absolute Gasteiger partial charge is 0.262 e. The van der Waals surface area contributed by atoms with Crippen molar-refractivity contribution in [1.29, 1.82) is 0 Å². The quantitative estimate of drug-likeness (QED) is 0.422. The molecule has 0 aliphatic carbocycles. The summed E-state index contributed by atoms with van der Waals surface area (Å²) < 4.78 is 2.25. The molecule has 1 aliphatic rings. The molecule has 0 unspecified atom stereocenters. The zero-order valence-corrected chi connectivity index (χ0v) is 20.0. The number of aromatic nitrogens is 2. The van der Waals surface area contributed by atoms with Crippen molar-refractivity contribution in [3.8, 4) is 0 Å². The van der Waals surface area contributed by atoms with Gasteiger partial charge >= 0.3 is 0 Å². The van der Waals surface area contributed by atoms with Gasteiger partial charge in [0.15, 0.2) is 5.16 Å². The second-order valence-corrected chi connectivity index (χ2v) is 10.2. The van der Waals surface area contributed by atoms with Crippen LogP contribution in [0.3, 0.4) is 0 Å². The number of halogens is 1. The Morgan fingerprint density at radius 1 is 1.29 bits per heavy atom. The molecule has 0 saturated carbocycles. The van der Waals surface area contributed by atoms with E-state index in [0.717, 1.165) is 16.6 Å². The maximum Gasteiger partial charge on any atom is 0.262 e. The van der Waals surface area contributed by atoms with Gasteiger partial charge in [0, 0.05) is 16.2 Å². The molecule has 2 heterocycles. The van der Waals surface area contributed by atoms with Crippen molar-refractivity contribution < 1.29 is 9.90 Å². The fourth-order valence-electron chi connectivity index (χ4n) is 3.99. The molecule has 0 saturated heterocycles. The highest BCUT2D eigenvalue weighted by molar-refractivity contribution is 9.10. The second kappa shape index (κ2) is 8.76. The first kappa shape index (κ1) is 22.0. The minimum atomic E-state index is -0.722. The molecule has 1 aliphatic heterocycles.